The minimum atomic E-state index is -0.791. The third-order valence-corrected chi connectivity index (χ3v) is 2.70. The quantitative estimate of drug-likeness (QED) is 0.502. The summed E-state index contributed by atoms with van der Waals surface area (Å²) < 4.78 is 0. The number of carbonyl (C=O) groups excluding carboxylic acids is 1. The summed E-state index contributed by atoms with van der Waals surface area (Å²) in [6.45, 7) is 4.08. The zero-order valence-electron chi connectivity index (χ0n) is 8.62. The first kappa shape index (κ1) is 13.0. The maximum atomic E-state index is 11.6. The highest BCUT2D eigenvalue weighted by atomic mass is 35.5. The Hall–Kier alpha value is -1.06. The monoisotopic (exact) mass is 258 g/mol. The molecule has 1 rings (SSSR count). The van der Waals surface area contributed by atoms with E-state index in [-0.39, 0.29) is 5.91 Å². The van der Waals surface area contributed by atoms with Crippen LogP contribution in [0, 0.1) is 0 Å². The first-order valence-electron chi connectivity index (χ1n) is 4.79. The van der Waals surface area contributed by atoms with Crippen molar-refractivity contribution in [3.63, 3.8) is 0 Å². The van der Waals surface area contributed by atoms with Crippen LogP contribution in [-0.4, -0.2) is 17.4 Å². The van der Waals surface area contributed by atoms with Gasteiger partial charge < -0.3 is 5.32 Å². The van der Waals surface area contributed by atoms with Gasteiger partial charge in [0, 0.05) is 24.5 Å². The first-order valence-corrected chi connectivity index (χ1v) is 5.60. The number of nitrogens with zero attached hydrogens (tertiary/aromatic N) is 1. The number of amides is 1. The molecule has 3 nitrogen and oxygen atoms in total. The van der Waals surface area contributed by atoms with Crippen molar-refractivity contribution in [3.05, 3.63) is 41.7 Å². The number of pyridine rings is 1. The SMILES string of the molecule is C=CCCNC(=O)C(Cl)c1ccncc1Cl. The molecule has 0 aliphatic heterocycles. The van der Waals surface area contributed by atoms with Gasteiger partial charge in [-0.3, -0.25) is 9.78 Å². The summed E-state index contributed by atoms with van der Waals surface area (Å²) in [7, 11) is 0. The van der Waals surface area contributed by atoms with Gasteiger partial charge in [0.05, 0.1) is 5.02 Å². The number of aromatic nitrogens is 1. The summed E-state index contributed by atoms with van der Waals surface area (Å²) in [5.74, 6) is -0.267. The Labute approximate surface area is 104 Å². The fraction of sp³-hybridized carbons (Fsp3) is 0.273. The summed E-state index contributed by atoms with van der Waals surface area (Å²) in [6, 6.07) is 1.63. The molecule has 1 aromatic heterocycles. The molecule has 0 saturated carbocycles. The van der Waals surface area contributed by atoms with Crippen LogP contribution in [0.1, 0.15) is 17.4 Å². The lowest BCUT2D eigenvalue weighted by atomic mass is 10.2. The molecule has 0 fully saturated rings. The van der Waals surface area contributed by atoms with E-state index in [9.17, 15) is 4.79 Å². The molecule has 1 aromatic rings. The number of hydrogen-bond donors (Lipinski definition) is 1. The number of carbonyl (C=O) groups is 1. The van der Waals surface area contributed by atoms with E-state index >= 15 is 0 Å². The van der Waals surface area contributed by atoms with E-state index in [4.69, 9.17) is 23.2 Å². The highest BCUT2D eigenvalue weighted by molar-refractivity contribution is 6.35. The molecule has 1 amide bonds. The molecule has 0 bridgehead atoms. The first-order chi connectivity index (χ1) is 7.66. The largest absolute Gasteiger partial charge is 0.354 e. The fourth-order valence-corrected chi connectivity index (χ4v) is 1.67. The molecule has 1 N–H and O–H groups in total. The summed E-state index contributed by atoms with van der Waals surface area (Å²) >= 11 is 11.9. The smallest absolute Gasteiger partial charge is 0.242 e. The highest BCUT2D eigenvalue weighted by Crippen LogP contribution is 2.26. The molecule has 0 saturated heterocycles. The Kier molecular flexibility index (Phi) is 5.29. The Morgan fingerprint density at radius 3 is 3.06 bits per heavy atom. The second-order valence-corrected chi connectivity index (χ2v) is 3.97. The van der Waals surface area contributed by atoms with Crippen LogP contribution in [0.4, 0.5) is 0 Å². The van der Waals surface area contributed by atoms with Gasteiger partial charge in [0.15, 0.2) is 0 Å². The van der Waals surface area contributed by atoms with Crippen molar-refractivity contribution in [3.8, 4) is 0 Å². The molecule has 5 heteroatoms. The van der Waals surface area contributed by atoms with Gasteiger partial charge in [0.2, 0.25) is 5.91 Å². The van der Waals surface area contributed by atoms with Crippen LogP contribution < -0.4 is 5.32 Å². The van der Waals surface area contributed by atoms with Gasteiger partial charge in [-0.15, -0.1) is 18.2 Å². The zero-order chi connectivity index (χ0) is 12.0. The Bertz CT molecular complexity index is 382. The predicted molar refractivity (Wildman–Crippen MR) is 65.7 cm³/mol. The minimum Gasteiger partial charge on any atom is -0.354 e. The van der Waals surface area contributed by atoms with Crippen LogP contribution in [0.15, 0.2) is 31.1 Å². The van der Waals surface area contributed by atoms with Crippen LogP contribution in [-0.2, 0) is 4.79 Å². The average molecular weight is 259 g/mol. The van der Waals surface area contributed by atoms with Crippen LogP contribution in [0.25, 0.3) is 0 Å². The molecule has 86 valence electrons. The summed E-state index contributed by atoms with van der Waals surface area (Å²) in [4.78, 5) is 15.4. The second kappa shape index (κ2) is 6.51. The van der Waals surface area contributed by atoms with Crippen LogP contribution in [0.3, 0.4) is 0 Å². The maximum absolute atomic E-state index is 11.6. The molecular formula is C11H12Cl2N2O. The summed E-state index contributed by atoms with van der Waals surface area (Å²) in [6.07, 6.45) is 5.44. The third kappa shape index (κ3) is 3.51. The van der Waals surface area contributed by atoms with Crippen molar-refractivity contribution in [1.82, 2.24) is 10.3 Å². The molecule has 0 spiro atoms. The molecule has 1 unspecified atom stereocenters. The van der Waals surface area contributed by atoms with Crippen molar-refractivity contribution >= 4 is 29.1 Å². The molecule has 0 aromatic carbocycles. The minimum absolute atomic E-state index is 0.267. The Morgan fingerprint density at radius 1 is 1.69 bits per heavy atom. The second-order valence-electron chi connectivity index (χ2n) is 3.13. The Morgan fingerprint density at radius 2 is 2.44 bits per heavy atom. The lowest BCUT2D eigenvalue weighted by molar-refractivity contribution is -0.120. The third-order valence-electron chi connectivity index (χ3n) is 1.95. The molecule has 0 aliphatic carbocycles. The van der Waals surface area contributed by atoms with Gasteiger partial charge in [0.25, 0.3) is 0 Å². The maximum Gasteiger partial charge on any atom is 0.242 e. The average Bonchev–Trinajstić information content (AvgIpc) is 2.29. The predicted octanol–water partition coefficient (Wildman–Crippen LogP) is 2.71. The van der Waals surface area contributed by atoms with E-state index in [2.05, 4.69) is 16.9 Å². The number of hydrogen-bond acceptors (Lipinski definition) is 2. The molecule has 1 heterocycles. The molecular weight excluding hydrogens is 247 g/mol. The van der Waals surface area contributed by atoms with E-state index < -0.39 is 5.38 Å². The van der Waals surface area contributed by atoms with Gasteiger partial charge >= 0.3 is 0 Å². The van der Waals surface area contributed by atoms with Gasteiger partial charge in [0.1, 0.15) is 5.38 Å². The van der Waals surface area contributed by atoms with E-state index in [1.165, 1.54) is 6.20 Å². The number of nitrogens with one attached hydrogen (secondary N) is 1. The fourth-order valence-electron chi connectivity index (χ4n) is 1.12. The lowest BCUT2D eigenvalue weighted by Gasteiger charge is -2.11. The van der Waals surface area contributed by atoms with Crippen molar-refractivity contribution in [2.24, 2.45) is 0 Å². The van der Waals surface area contributed by atoms with E-state index in [1.54, 1.807) is 18.3 Å². The van der Waals surface area contributed by atoms with Crippen LogP contribution in [0.2, 0.25) is 5.02 Å². The lowest BCUT2D eigenvalue weighted by Crippen LogP contribution is -2.27. The molecule has 1 atom stereocenters. The van der Waals surface area contributed by atoms with Gasteiger partial charge in [-0.25, -0.2) is 0 Å². The van der Waals surface area contributed by atoms with Gasteiger partial charge in [-0.2, -0.15) is 0 Å². The van der Waals surface area contributed by atoms with E-state index in [0.717, 1.165) is 0 Å². The topological polar surface area (TPSA) is 42.0 Å². The number of alkyl halides is 1. The van der Waals surface area contributed by atoms with Crippen molar-refractivity contribution in [2.75, 3.05) is 6.54 Å². The molecule has 0 radical (unpaired) electrons. The van der Waals surface area contributed by atoms with Crippen LogP contribution in [0.5, 0.6) is 0 Å². The standard InChI is InChI=1S/C11H12Cl2N2O/c1-2-3-5-15-11(16)10(13)8-4-6-14-7-9(8)12/h2,4,6-7,10H,1,3,5H2,(H,15,16). The highest BCUT2D eigenvalue weighted by Gasteiger charge is 2.19. The molecule has 16 heavy (non-hydrogen) atoms. The Balaban J connectivity index is 2.63. The number of halogens is 2. The van der Waals surface area contributed by atoms with E-state index in [1.807, 2.05) is 0 Å². The van der Waals surface area contributed by atoms with Crippen LogP contribution >= 0.6 is 23.2 Å². The number of rotatable bonds is 5. The van der Waals surface area contributed by atoms with Crippen molar-refractivity contribution in [2.45, 2.75) is 11.8 Å². The van der Waals surface area contributed by atoms with Gasteiger partial charge in [-0.1, -0.05) is 17.7 Å². The van der Waals surface area contributed by atoms with Crippen molar-refractivity contribution < 1.29 is 4.79 Å². The zero-order valence-corrected chi connectivity index (χ0v) is 10.1. The van der Waals surface area contributed by atoms with Crippen molar-refractivity contribution in [1.29, 1.82) is 0 Å². The normalized spacial score (nSPS) is 11.9. The molecule has 0 aliphatic rings. The summed E-state index contributed by atoms with van der Waals surface area (Å²) in [5.41, 5.74) is 0.564. The summed E-state index contributed by atoms with van der Waals surface area (Å²) in [5, 5.41) is 2.29. The van der Waals surface area contributed by atoms with Gasteiger partial charge in [-0.05, 0) is 12.5 Å². The van der Waals surface area contributed by atoms with E-state index in [0.29, 0.717) is 23.6 Å².